The van der Waals surface area contributed by atoms with Crippen molar-refractivity contribution in [2.24, 2.45) is 0 Å². The first-order chi connectivity index (χ1) is 9.72. The van der Waals surface area contributed by atoms with Crippen LogP contribution in [0.5, 0.6) is 0 Å². The van der Waals surface area contributed by atoms with Crippen LogP contribution in [0, 0.1) is 0 Å². The van der Waals surface area contributed by atoms with Crippen LogP contribution in [0.15, 0.2) is 24.4 Å². The quantitative estimate of drug-likeness (QED) is 0.631. The molecule has 3 N–H and O–H groups in total. The van der Waals surface area contributed by atoms with E-state index < -0.39 is 0 Å². The van der Waals surface area contributed by atoms with Crippen molar-refractivity contribution >= 4 is 22.7 Å². The Bertz CT molecular complexity index is 774. The number of imidazole rings is 1. The lowest BCUT2D eigenvalue weighted by molar-refractivity contribution is 0.0601. The van der Waals surface area contributed by atoms with Crippen molar-refractivity contribution in [2.75, 3.05) is 19.5 Å². The average Bonchev–Trinajstić information content (AvgIpc) is 3.10. The summed E-state index contributed by atoms with van der Waals surface area (Å²) in [5.41, 5.74) is 3.62. The number of esters is 1. The van der Waals surface area contributed by atoms with Crippen LogP contribution in [0.2, 0.25) is 0 Å². The summed E-state index contributed by atoms with van der Waals surface area (Å²) in [4.78, 5) is 19.1. The number of H-pyrrole nitrogens is 2. The van der Waals surface area contributed by atoms with Gasteiger partial charge in [-0.2, -0.15) is 5.10 Å². The summed E-state index contributed by atoms with van der Waals surface area (Å²) in [6.07, 6.45) is 1.68. The Labute approximate surface area is 114 Å². The second-order valence-electron chi connectivity index (χ2n) is 4.22. The molecule has 0 unspecified atom stereocenters. The van der Waals surface area contributed by atoms with Crippen LogP contribution in [0.4, 0.5) is 5.69 Å². The predicted octanol–water partition coefficient (Wildman–Crippen LogP) is 1.78. The number of rotatable bonds is 3. The van der Waals surface area contributed by atoms with E-state index in [2.05, 4.69) is 25.5 Å². The molecule has 0 saturated heterocycles. The van der Waals surface area contributed by atoms with Gasteiger partial charge in [-0.25, -0.2) is 9.78 Å². The summed E-state index contributed by atoms with van der Waals surface area (Å²) in [6.45, 7) is 0. The lowest BCUT2D eigenvalue weighted by Gasteiger charge is -1.97. The second kappa shape index (κ2) is 4.69. The molecule has 0 aliphatic rings. The minimum atomic E-state index is -0.375. The molecular formula is C13H13N5O2. The van der Waals surface area contributed by atoms with Crippen LogP contribution in [-0.2, 0) is 4.74 Å². The highest BCUT2D eigenvalue weighted by Crippen LogP contribution is 2.25. The fourth-order valence-corrected chi connectivity index (χ4v) is 2.03. The van der Waals surface area contributed by atoms with Crippen LogP contribution < -0.4 is 5.32 Å². The van der Waals surface area contributed by atoms with Crippen LogP contribution in [0.1, 0.15) is 10.4 Å². The second-order valence-corrected chi connectivity index (χ2v) is 4.22. The number of hydrogen-bond donors (Lipinski definition) is 3. The largest absolute Gasteiger partial charge is 0.465 e. The standard InChI is InChI=1S/C13H13N5O2/c1-14-10-6-15-18-11(10)12-16-8-4-3-7(13(19)20-2)5-9(8)17-12/h3-6,14H,1-2H3,(H,15,18)(H,16,17). The third-order valence-electron chi connectivity index (χ3n) is 3.05. The first-order valence-corrected chi connectivity index (χ1v) is 6.02. The molecule has 102 valence electrons. The maximum Gasteiger partial charge on any atom is 0.337 e. The van der Waals surface area contributed by atoms with E-state index in [1.165, 1.54) is 7.11 Å². The van der Waals surface area contributed by atoms with E-state index in [1.54, 1.807) is 24.4 Å². The summed E-state index contributed by atoms with van der Waals surface area (Å²) in [7, 11) is 3.17. The monoisotopic (exact) mass is 271 g/mol. The number of aromatic amines is 2. The molecular weight excluding hydrogens is 258 g/mol. The van der Waals surface area contributed by atoms with Crippen molar-refractivity contribution in [3.8, 4) is 11.5 Å². The van der Waals surface area contributed by atoms with Gasteiger partial charge in [-0.1, -0.05) is 0 Å². The summed E-state index contributed by atoms with van der Waals surface area (Å²) >= 11 is 0. The first kappa shape index (κ1) is 12.2. The smallest absolute Gasteiger partial charge is 0.337 e. The Kier molecular flexibility index (Phi) is 2.86. The molecule has 0 fully saturated rings. The molecule has 0 saturated carbocycles. The summed E-state index contributed by atoms with van der Waals surface area (Å²) in [5, 5.41) is 9.89. The third kappa shape index (κ3) is 1.89. The van der Waals surface area contributed by atoms with Crippen LogP contribution in [0.3, 0.4) is 0 Å². The number of ether oxygens (including phenoxy) is 1. The third-order valence-corrected chi connectivity index (χ3v) is 3.05. The van der Waals surface area contributed by atoms with Crippen LogP contribution in [0.25, 0.3) is 22.6 Å². The minimum absolute atomic E-state index is 0.375. The molecule has 3 aromatic rings. The van der Waals surface area contributed by atoms with Crippen LogP contribution in [-0.4, -0.2) is 40.3 Å². The van der Waals surface area contributed by atoms with Crippen molar-refractivity contribution in [1.82, 2.24) is 20.2 Å². The average molecular weight is 271 g/mol. The SMILES string of the molecule is CNc1cn[nH]c1-c1nc2ccc(C(=O)OC)cc2[nH]1. The zero-order chi connectivity index (χ0) is 14.1. The zero-order valence-corrected chi connectivity index (χ0v) is 11.0. The Balaban J connectivity index is 2.09. The fourth-order valence-electron chi connectivity index (χ4n) is 2.03. The summed E-state index contributed by atoms with van der Waals surface area (Å²) in [5.74, 6) is 0.282. The van der Waals surface area contributed by atoms with E-state index in [1.807, 2.05) is 7.05 Å². The van der Waals surface area contributed by atoms with Crippen LogP contribution >= 0.6 is 0 Å². The molecule has 0 bridgehead atoms. The number of nitrogens with one attached hydrogen (secondary N) is 3. The highest BCUT2D eigenvalue weighted by atomic mass is 16.5. The lowest BCUT2D eigenvalue weighted by Crippen LogP contribution is -2.00. The Morgan fingerprint density at radius 2 is 2.25 bits per heavy atom. The molecule has 3 rings (SSSR count). The van der Waals surface area contributed by atoms with Gasteiger partial charge in [-0.05, 0) is 18.2 Å². The van der Waals surface area contributed by atoms with Gasteiger partial charge >= 0.3 is 5.97 Å². The lowest BCUT2D eigenvalue weighted by atomic mass is 10.2. The molecule has 20 heavy (non-hydrogen) atoms. The van der Waals surface area contributed by atoms with Crippen molar-refractivity contribution in [3.05, 3.63) is 30.0 Å². The topological polar surface area (TPSA) is 95.7 Å². The van der Waals surface area contributed by atoms with Crippen molar-refractivity contribution in [1.29, 1.82) is 0 Å². The van der Waals surface area contributed by atoms with E-state index in [-0.39, 0.29) is 5.97 Å². The number of methoxy groups -OCH3 is 1. The van der Waals surface area contributed by atoms with Gasteiger partial charge in [-0.15, -0.1) is 0 Å². The molecule has 0 spiro atoms. The number of benzene rings is 1. The van der Waals surface area contributed by atoms with E-state index >= 15 is 0 Å². The molecule has 2 aromatic heterocycles. The molecule has 0 aliphatic heterocycles. The molecule has 0 atom stereocenters. The number of anilines is 1. The van der Waals surface area contributed by atoms with Gasteiger partial charge < -0.3 is 15.0 Å². The van der Waals surface area contributed by atoms with Gasteiger partial charge in [0.1, 0.15) is 5.69 Å². The summed E-state index contributed by atoms with van der Waals surface area (Å²) < 4.78 is 4.70. The normalized spacial score (nSPS) is 10.7. The predicted molar refractivity (Wildman–Crippen MR) is 74.6 cm³/mol. The highest BCUT2D eigenvalue weighted by molar-refractivity contribution is 5.94. The fraction of sp³-hybridized carbons (Fsp3) is 0.154. The molecule has 1 aromatic carbocycles. The number of hydrogen-bond acceptors (Lipinski definition) is 5. The number of carbonyl (C=O) groups is 1. The molecule has 7 nitrogen and oxygen atoms in total. The highest BCUT2D eigenvalue weighted by Gasteiger charge is 2.13. The van der Waals surface area contributed by atoms with Gasteiger partial charge in [-0.3, -0.25) is 5.10 Å². The maximum absolute atomic E-state index is 11.5. The minimum Gasteiger partial charge on any atom is -0.465 e. The van der Waals surface area contributed by atoms with E-state index in [0.29, 0.717) is 11.4 Å². The number of nitrogens with zero attached hydrogens (tertiary/aromatic N) is 2. The van der Waals surface area contributed by atoms with Gasteiger partial charge in [0.15, 0.2) is 5.82 Å². The zero-order valence-electron chi connectivity index (χ0n) is 11.0. The van der Waals surface area contributed by atoms with Crippen molar-refractivity contribution < 1.29 is 9.53 Å². The number of carbonyl (C=O) groups excluding carboxylic acids is 1. The van der Waals surface area contributed by atoms with Gasteiger partial charge in [0.2, 0.25) is 0 Å². The van der Waals surface area contributed by atoms with Crippen molar-refractivity contribution in [2.45, 2.75) is 0 Å². The number of aromatic nitrogens is 4. The molecule has 2 heterocycles. The Hall–Kier alpha value is -2.83. The number of fused-ring (bicyclic) bond motifs is 1. The van der Waals surface area contributed by atoms with Crippen molar-refractivity contribution in [3.63, 3.8) is 0 Å². The van der Waals surface area contributed by atoms with Gasteiger partial charge in [0.25, 0.3) is 0 Å². The Morgan fingerprint density at radius 1 is 1.40 bits per heavy atom. The van der Waals surface area contributed by atoms with E-state index in [9.17, 15) is 4.79 Å². The molecule has 0 radical (unpaired) electrons. The van der Waals surface area contributed by atoms with Gasteiger partial charge in [0, 0.05) is 7.05 Å². The summed E-state index contributed by atoms with van der Waals surface area (Å²) in [6, 6.07) is 5.18. The maximum atomic E-state index is 11.5. The molecule has 7 heteroatoms. The van der Waals surface area contributed by atoms with E-state index in [0.717, 1.165) is 22.4 Å². The molecule has 0 aliphatic carbocycles. The Morgan fingerprint density at radius 3 is 3.00 bits per heavy atom. The van der Waals surface area contributed by atoms with Gasteiger partial charge in [0.05, 0.1) is 35.6 Å². The molecule has 0 amide bonds. The first-order valence-electron chi connectivity index (χ1n) is 6.02. The van der Waals surface area contributed by atoms with E-state index in [4.69, 9.17) is 4.74 Å².